The fourth-order valence-corrected chi connectivity index (χ4v) is 1.28. The van der Waals surface area contributed by atoms with E-state index < -0.39 is 11.6 Å². The van der Waals surface area contributed by atoms with Crippen LogP contribution in [0.3, 0.4) is 0 Å². The van der Waals surface area contributed by atoms with Crippen molar-refractivity contribution in [3.05, 3.63) is 33.8 Å². The van der Waals surface area contributed by atoms with E-state index in [0.717, 1.165) is 0 Å². The number of ether oxygens (including phenoxy) is 1. The van der Waals surface area contributed by atoms with E-state index in [1.165, 1.54) is 12.1 Å². The molecule has 1 aromatic carbocycles. The van der Waals surface area contributed by atoms with Crippen LogP contribution >= 0.6 is 15.9 Å². The monoisotopic (exact) mass is 250 g/mol. The molecule has 0 saturated carbocycles. The van der Waals surface area contributed by atoms with E-state index in [4.69, 9.17) is 4.74 Å². The van der Waals surface area contributed by atoms with E-state index in [1.54, 1.807) is 6.92 Å². The molecule has 0 unspecified atom stereocenters. The summed E-state index contributed by atoms with van der Waals surface area (Å²) in [7, 11) is 0. The highest BCUT2D eigenvalue weighted by Crippen LogP contribution is 2.21. The van der Waals surface area contributed by atoms with Crippen LogP contribution in [0.2, 0.25) is 0 Å². The third-order valence-corrected chi connectivity index (χ3v) is 2.20. The topological polar surface area (TPSA) is 9.23 Å². The number of hydrogen-bond donors (Lipinski definition) is 0. The van der Waals surface area contributed by atoms with Crippen molar-refractivity contribution in [1.82, 2.24) is 0 Å². The van der Waals surface area contributed by atoms with E-state index >= 15 is 0 Å². The Morgan fingerprint density at radius 3 is 2.69 bits per heavy atom. The second-order valence-corrected chi connectivity index (χ2v) is 3.31. The molecular weight excluding hydrogens is 242 g/mol. The zero-order valence-corrected chi connectivity index (χ0v) is 8.70. The van der Waals surface area contributed by atoms with Crippen LogP contribution in [0, 0.1) is 11.6 Å². The second-order valence-electron chi connectivity index (χ2n) is 2.46. The highest BCUT2D eigenvalue weighted by Gasteiger charge is 2.11. The molecule has 72 valence electrons. The van der Waals surface area contributed by atoms with Gasteiger partial charge in [-0.3, -0.25) is 0 Å². The lowest BCUT2D eigenvalue weighted by atomic mass is 10.2. The summed E-state index contributed by atoms with van der Waals surface area (Å²) in [5, 5.41) is 0. The first-order valence-electron chi connectivity index (χ1n) is 3.87. The van der Waals surface area contributed by atoms with Crippen molar-refractivity contribution < 1.29 is 13.5 Å². The first-order valence-corrected chi connectivity index (χ1v) is 4.66. The van der Waals surface area contributed by atoms with Gasteiger partial charge in [0.25, 0.3) is 0 Å². The number of benzene rings is 1. The summed E-state index contributed by atoms with van der Waals surface area (Å²) in [5.74, 6) is -1.16. The molecule has 0 amide bonds. The molecule has 0 aliphatic heterocycles. The summed E-state index contributed by atoms with van der Waals surface area (Å²) in [6, 6.07) is 2.54. The van der Waals surface area contributed by atoms with Crippen LogP contribution in [-0.4, -0.2) is 6.61 Å². The molecule has 0 aliphatic rings. The molecule has 0 spiro atoms. The first-order chi connectivity index (χ1) is 6.16. The Morgan fingerprint density at radius 2 is 2.08 bits per heavy atom. The number of hydrogen-bond acceptors (Lipinski definition) is 1. The molecule has 0 aromatic heterocycles. The van der Waals surface area contributed by atoms with Crippen LogP contribution in [0.5, 0.6) is 0 Å². The Balaban J connectivity index is 2.96. The summed E-state index contributed by atoms with van der Waals surface area (Å²) in [5.41, 5.74) is -0.0313. The molecule has 1 nitrogen and oxygen atoms in total. The van der Waals surface area contributed by atoms with Gasteiger partial charge in [0.1, 0.15) is 11.6 Å². The molecule has 13 heavy (non-hydrogen) atoms. The van der Waals surface area contributed by atoms with E-state index in [2.05, 4.69) is 15.9 Å². The highest BCUT2D eigenvalue weighted by molar-refractivity contribution is 9.10. The fraction of sp³-hybridized carbons (Fsp3) is 0.333. The number of halogens is 3. The van der Waals surface area contributed by atoms with Crippen LogP contribution < -0.4 is 0 Å². The average molecular weight is 251 g/mol. The van der Waals surface area contributed by atoms with Gasteiger partial charge in [-0.2, -0.15) is 0 Å². The van der Waals surface area contributed by atoms with Crippen LogP contribution in [0.4, 0.5) is 8.78 Å². The molecule has 0 N–H and O–H groups in total. The molecule has 0 saturated heterocycles. The summed E-state index contributed by atoms with van der Waals surface area (Å²) < 4.78 is 31.4. The van der Waals surface area contributed by atoms with Crippen LogP contribution in [0.25, 0.3) is 0 Å². The van der Waals surface area contributed by atoms with Crippen molar-refractivity contribution in [3.8, 4) is 0 Å². The minimum atomic E-state index is -0.589. The second kappa shape index (κ2) is 4.67. The molecular formula is C9H9BrF2O. The van der Waals surface area contributed by atoms with E-state index in [9.17, 15) is 8.78 Å². The number of rotatable bonds is 3. The Labute approximate surface area is 83.8 Å². The van der Waals surface area contributed by atoms with Gasteiger partial charge in [-0.05, 0) is 35.0 Å². The van der Waals surface area contributed by atoms with E-state index in [1.807, 2.05) is 0 Å². The van der Waals surface area contributed by atoms with Crippen molar-refractivity contribution in [2.24, 2.45) is 0 Å². The Kier molecular flexibility index (Phi) is 3.81. The maximum atomic E-state index is 13.2. The van der Waals surface area contributed by atoms with Crippen molar-refractivity contribution >= 4 is 15.9 Å². The van der Waals surface area contributed by atoms with Gasteiger partial charge in [0.15, 0.2) is 0 Å². The molecule has 0 aliphatic carbocycles. The predicted molar refractivity (Wildman–Crippen MR) is 49.4 cm³/mol. The van der Waals surface area contributed by atoms with E-state index in [-0.39, 0.29) is 16.6 Å². The average Bonchev–Trinajstić information content (AvgIpc) is 2.12. The highest BCUT2D eigenvalue weighted by atomic mass is 79.9. The Bertz CT molecular complexity index is 302. The van der Waals surface area contributed by atoms with Crippen LogP contribution in [-0.2, 0) is 11.3 Å². The quantitative estimate of drug-likeness (QED) is 0.749. The lowest BCUT2D eigenvalue weighted by Crippen LogP contribution is -2.00. The van der Waals surface area contributed by atoms with Gasteiger partial charge in [0, 0.05) is 6.61 Å². The van der Waals surface area contributed by atoms with Gasteiger partial charge in [0.05, 0.1) is 16.6 Å². The van der Waals surface area contributed by atoms with Crippen molar-refractivity contribution in [3.63, 3.8) is 0 Å². The van der Waals surface area contributed by atoms with Crippen LogP contribution in [0.15, 0.2) is 16.6 Å². The van der Waals surface area contributed by atoms with Gasteiger partial charge in [0.2, 0.25) is 0 Å². The smallest absolute Gasteiger partial charge is 0.145 e. The largest absolute Gasteiger partial charge is 0.377 e. The van der Waals surface area contributed by atoms with Gasteiger partial charge in [-0.15, -0.1) is 0 Å². The first kappa shape index (κ1) is 10.6. The Hall–Kier alpha value is -0.480. The maximum Gasteiger partial charge on any atom is 0.145 e. The third-order valence-electron chi connectivity index (χ3n) is 1.59. The third kappa shape index (κ3) is 2.48. The summed E-state index contributed by atoms with van der Waals surface area (Å²) in [6.07, 6.45) is 0. The lowest BCUT2D eigenvalue weighted by Gasteiger charge is -2.05. The van der Waals surface area contributed by atoms with Crippen LogP contribution in [0.1, 0.15) is 12.5 Å². The fourth-order valence-electron chi connectivity index (χ4n) is 0.906. The maximum absolute atomic E-state index is 13.2. The normalized spacial score (nSPS) is 10.5. The summed E-state index contributed by atoms with van der Waals surface area (Å²) in [6.45, 7) is 2.17. The standard InChI is InChI=1S/C9H9BrF2O/c1-2-13-5-6-8(11)4-3-7(10)9(6)12/h3-4H,2,5H2,1H3. The molecule has 0 fully saturated rings. The van der Waals surface area contributed by atoms with E-state index in [0.29, 0.717) is 6.61 Å². The molecule has 4 heteroatoms. The lowest BCUT2D eigenvalue weighted by molar-refractivity contribution is 0.128. The molecule has 0 heterocycles. The van der Waals surface area contributed by atoms with Gasteiger partial charge in [-0.25, -0.2) is 8.78 Å². The molecule has 0 radical (unpaired) electrons. The minimum absolute atomic E-state index is 0.0313. The predicted octanol–water partition coefficient (Wildman–Crippen LogP) is 3.26. The van der Waals surface area contributed by atoms with Crippen molar-refractivity contribution in [2.75, 3.05) is 6.61 Å². The molecule has 1 aromatic rings. The van der Waals surface area contributed by atoms with Gasteiger partial charge >= 0.3 is 0 Å². The summed E-state index contributed by atoms with van der Waals surface area (Å²) in [4.78, 5) is 0. The Morgan fingerprint density at radius 1 is 1.38 bits per heavy atom. The minimum Gasteiger partial charge on any atom is -0.377 e. The summed E-state index contributed by atoms with van der Waals surface area (Å²) >= 11 is 2.97. The molecule has 0 bridgehead atoms. The molecule has 1 rings (SSSR count). The molecule has 0 atom stereocenters. The zero-order valence-electron chi connectivity index (χ0n) is 7.11. The SMILES string of the molecule is CCOCc1c(F)ccc(Br)c1F. The van der Waals surface area contributed by atoms with Crippen molar-refractivity contribution in [2.45, 2.75) is 13.5 Å². The van der Waals surface area contributed by atoms with Gasteiger partial charge in [-0.1, -0.05) is 0 Å². The van der Waals surface area contributed by atoms with Crippen molar-refractivity contribution in [1.29, 1.82) is 0 Å². The zero-order chi connectivity index (χ0) is 9.84. The van der Waals surface area contributed by atoms with Gasteiger partial charge < -0.3 is 4.74 Å².